The van der Waals surface area contributed by atoms with Crippen molar-refractivity contribution in [2.45, 2.75) is 6.92 Å². The van der Waals surface area contributed by atoms with Crippen molar-refractivity contribution < 1.29 is 23.3 Å². The molecule has 0 rings (SSSR count). The normalized spacial score (nSPS) is 8.86. The quantitative estimate of drug-likeness (QED) is 0.542. The Balaban J connectivity index is 3.26. The van der Waals surface area contributed by atoms with Crippen LogP contribution in [-0.2, 0) is 23.3 Å². The van der Waals surface area contributed by atoms with Crippen LogP contribution in [0.4, 0.5) is 0 Å². The van der Waals surface area contributed by atoms with Crippen molar-refractivity contribution in [1.29, 1.82) is 0 Å². The topological polar surface area (TPSA) is 0 Å². The molecule has 0 nitrogen and oxygen atoms in total. The van der Waals surface area contributed by atoms with Gasteiger partial charge in [0, 0.05) is 0 Å². The van der Waals surface area contributed by atoms with Crippen LogP contribution in [0.2, 0.25) is 0 Å². The molecule has 7 heavy (non-hydrogen) atoms. The maximum absolute atomic E-state index is 5.54. The minimum absolute atomic E-state index is 0.983. The van der Waals surface area contributed by atoms with Gasteiger partial charge in [-0.15, -0.1) is 0 Å². The molecule has 0 amide bonds. The Kier molecular flexibility index (Phi) is 5.34. The molecule has 2 heteroatoms. The van der Waals surface area contributed by atoms with Gasteiger partial charge in [0.2, 0.25) is 0 Å². The van der Waals surface area contributed by atoms with Crippen LogP contribution in [0.15, 0.2) is 21.8 Å². The van der Waals surface area contributed by atoms with E-state index in [1.54, 1.807) is 0 Å². The van der Waals surface area contributed by atoms with E-state index in [1.165, 1.54) is 0 Å². The fourth-order valence-corrected chi connectivity index (χ4v) is 2.94. The standard InChI is InChI=1S/C5H7.ClH.Hg/c1-4-5(2)3;;/h1,4H,2H2,3H3;1H;/q;;+1/p-1. The zero-order chi connectivity index (χ0) is 5.70. The van der Waals surface area contributed by atoms with E-state index < -0.39 is 23.3 Å². The van der Waals surface area contributed by atoms with E-state index in [9.17, 15) is 0 Å². The third kappa shape index (κ3) is 6.71. The number of hydrogen-bond donors (Lipinski definition) is 0. The van der Waals surface area contributed by atoms with Gasteiger partial charge in [-0.1, -0.05) is 0 Å². The average Bonchev–Trinajstić information content (AvgIpc) is 1.61. The molecule has 0 spiro atoms. The van der Waals surface area contributed by atoms with E-state index in [2.05, 4.69) is 10.2 Å². The van der Waals surface area contributed by atoms with Crippen LogP contribution in [0, 0.1) is 0 Å². The van der Waals surface area contributed by atoms with Crippen molar-refractivity contribution in [1.82, 2.24) is 0 Å². The molecule has 0 unspecified atom stereocenters. The fraction of sp³-hybridized carbons (Fsp3) is 0.200. The molecule has 0 atom stereocenters. The molecule has 0 N–H and O–H groups in total. The van der Waals surface area contributed by atoms with Gasteiger partial charge >= 0.3 is 60.3 Å². The number of rotatable bonds is 2. The molecule has 0 saturated carbocycles. The summed E-state index contributed by atoms with van der Waals surface area (Å²) in [5.74, 6) is 0. The minimum atomic E-state index is -0.983. The molecule has 0 fully saturated rings. The zero-order valence-electron chi connectivity index (χ0n) is 4.45. The van der Waals surface area contributed by atoms with Crippen LogP contribution in [0.3, 0.4) is 0 Å². The summed E-state index contributed by atoms with van der Waals surface area (Å²) >= 11 is -0.983. The Morgan fingerprint density at radius 2 is 2.43 bits per heavy atom. The summed E-state index contributed by atoms with van der Waals surface area (Å²) in [6.45, 7) is 5.65. The van der Waals surface area contributed by atoms with Crippen LogP contribution in [0.25, 0.3) is 0 Å². The van der Waals surface area contributed by atoms with Gasteiger partial charge in [-0.25, -0.2) is 0 Å². The van der Waals surface area contributed by atoms with Crippen molar-refractivity contribution >= 4 is 8.25 Å². The summed E-state index contributed by atoms with van der Waals surface area (Å²) in [5.41, 5.74) is 1.10. The first-order chi connectivity index (χ1) is 3.27. The van der Waals surface area contributed by atoms with Gasteiger partial charge in [0.1, 0.15) is 0 Å². The first-order valence-electron chi connectivity index (χ1n) is 2.15. The summed E-state index contributed by atoms with van der Waals surface area (Å²) in [4.78, 5) is 0. The third-order valence-electron chi connectivity index (χ3n) is 0.491. The molecule has 0 aliphatic carbocycles. The Morgan fingerprint density at radius 3 is 2.57 bits per heavy atom. The van der Waals surface area contributed by atoms with Crippen molar-refractivity contribution in [3.63, 3.8) is 0 Å². The number of halogens is 1. The van der Waals surface area contributed by atoms with Gasteiger partial charge in [0.15, 0.2) is 0 Å². The molecule has 0 aromatic carbocycles. The van der Waals surface area contributed by atoms with Crippen molar-refractivity contribution in [2.75, 3.05) is 0 Å². The average molecular weight is 303 g/mol. The second kappa shape index (κ2) is 4.85. The maximum atomic E-state index is 5.54. The van der Waals surface area contributed by atoms with Gasteiger partial charge in [-0.2, -0.15) is 0 Å². The molecule has 0 radical (unpaired) electrons. The molecule has 0 bridgehead atoms. The van der Waals surface area contributed by atoms with Crippen LogP contribution in [0.5, 0.6) is 0 Å². The summed E-state index contributed by atoms with van der Waals surface area (Å²) in [7, 11) is 5.54. The zero-order valence-corrected chi connectivity index (χ0v) is 10.7. The van der Waals surface area contributed by atoms with Gasteiger partial charge in [0.05, 0.1) is 0 Å². The molecule has 0 aliphatic rings. The Bertz CT molecular complexity index is 86.1. The SMILES string of the molecule is C=C(C)C=[CH][Hg][Cl]. The predicted molar refractivity (Wildman–Crippen MR) is 29.8 cm³/mol. The second-order valence-electron chi connectivity index (χ2n) is 1.40. The van der Waals surface area contributed by atoms with Gasteiger partial charge < -0.3 is 0 Å². The molecule has 0 heterocycles. The molecule has 0 aliphatic heterocycles. The second-order valence-corrected chi connectivity index (χ2v) is 7.14. The summed E-state index contributed by atoms with van der Waals surface area (Å²) < 4.78 is 2.09. The molecule has 0 aromatic rings. The first-order valence-corrected chi connectivity index (χ1v) is 12.1. The number of hydrogen-bond acceptors (Lipinski definition) is 0. The van der Waals surface area contributed by atoms with Crippen molar-refractivity contribution in [3.8, 4) is 0 Å². The van der Waals surface area contributed by atoms with Crippen LogP contribution in [-0.4, -0.2) is 0 Å². The van der Waals surface area contributed by atoms with E-state index in [0.717, 1.165) is 5.57 Å². The van der Waals surface area contributed by atoms with Gasteiger partial charge in [-0.3, -0.25) is 0 Å². The van der Waals surface area contributed by atoms with Crippen molar-refractivity contribution in [2.24, 2.45) is 0 Å². The van der Waals surface area contributed by atoms with E-state index in [1.807, 2.05) is 13.0 Å². The van der Waals surface area contributed by atoms with Crippen LogP contribution < -0.4 is 0 Å². The van der Waals surface area contributed by atoms with Crippen LogP contribution >= 0.6 is 8.25 Å². The molecule has 0 saturated heterocycles. The predicted octanol–water partition coefficient (Wildman–Crippen LogP) is 2.31. The number of allylic oxidation sites excluding steroid dienone is 2. The first kappa shape index (κ1) is 7.71. The molecular formula is C5H7ClHg. The van der Waals surface area contributed by atoms with E-state index in [-0.39, 0.29) is 0 Å². The van der Waals surface area contributed by atoms with Crippen LogP contribution in [0.1, 0.15) is 6.92 Å². The Labute approximate surface area is 60.1 Å². The van der Waals surface area contributed by atoms with E-state index >= 15 is 0 Å². The monoisotopic (exact) mass is 304 g/mol. The van der Waals surface area contributed by atoms with Crippen molar-refractivity contribution in [3.05, 3.63) is 21.8 Å². The summed E-state index contributed by atoms with van der Waals surface area (Å²) in [5, 5.41) is 0. The summed E-state index contributed by atoms with van der Waals surface area (Å²) in [6.07, 6.45) is 1.99. The van der Waals surface area contributed by atoms with E-state index in [0.29, 0.717) is 0 Å². The Hall–Kier alpha value is 0.705. The third-order valence-corrected chi connectivity index (χ3v) is 3.66. The fourth-order valence-electron chi connectivity index (χ4n) is 0.246. The molecule has 36 valence electrons. The van der Waals surface area contributed by atoms with E-state index in [4.69, 9.17) is 8.25 Å². The van der Waals surface area contributed by atoms with Gasteiger partial charge in [-0.05, 0) is 0 Å². The summed E-state index contributed by atoms with van der Waals surface area (Å²) in [6, 6.07) is 0. The molecule has 0 aromatic heterocycles. The Morgan fingerprint density at radius 1 is 1.86 bits per heavy atom. The van der Waals surface area contributed by atoms with Gasteiger partial charge in [0.25, 0.3) is 0 Å². The molecular weight excluding hydrogens is 296 g/mol.